The van der Waals surface area contributed by atoms with Crippen LogP contribution in [0.1, 0.15) is 27.2 Å². The summed E-state index contributed by atoms with van der Waals surface area (Å²) in [6.45, 7) is 0. The SMILES string of the molecule is O=C(c1cc(C(F)(F)F)cc(C(F)(F)F)c1)c1cc(Cl)nc(Cl)n1. The molecule has 2 aromatic rings. The minimum Gasteiger partial charge on any atom is -0.287 e. The minimum atomic E-state index is -5.07. The molecule has 11 heteroatoms. The van der Waals surface area contributed by atoms with Crippen LogP contribution >= 0.6 is 23.2 Å². The van der Waals surface area contributed by atoms with Gasteiger partial charge in [-0.3, -0.25) is 4.79 Å². The molecule has 0 N–H and O–H groups in total. The molecule has 0 aliphatic carbocycles. The number of carbonyl (C=O) groups is 1. The van der Waals surface area contributed by atoms with Crippen LogP contribution < -0.4 is 0 Å². The molecule has 0 unspecified atom stereocenters. The number of benzene rings is 1. The Hall–Kier alpha value is -1.87. The minimum absolute atomic E-state index is 0.0866. The van der Waals surface area contributed by atoms with E-state index >= 15 is 0 Å². The molecule has 0 amide bonds. The van der Waals surface area contributed by atoms with Crippen LogP contribution in [0.15, 0.2) is 24.3 Å². The van der Waals surface area contributed by atoms with Crippen LogP contribution in [-0.2, 0) is 12.4 Å². The molecule has 1 heterocycles. The van der Waals surface area contributed by atoms with Crippen LogP contribution in [0.25, 0.3) is 0 Å². The third-order valence-electron chi connectivity index (χ3n) is 2.75. The molecule has 0 bridgehead atoms. The molecule has 3 nitrogen and oxygen atoms in total. The molecule has 128 valence electrons. The van der Waals surface area contributed by atoms with Gasteiger partial charge in [0.15, 0.2) is 0 Å². The smallest absolute Gasteiger partial charge is 0.287 e. The summed E-state index contributed by atoms with van der Waals surface area (Å²) in [7, 11) is 0. The number of alkyl halides is 6. The van der Waals surface area contributed by atoms with E-state index in [0.29, 0.717) is 12.1 Å². The maximum absolute atomic E-state index is 12.8. The summed E-state index contributed by atoms with van der Waals surface area (Å²) < 4.78 is 76.7. The Balaban J connectivity index is 2.62. The Morgan fingerprint density at radius 2 is 1.33 bits per heavy atom. The molecule has 0 radical (unpaired) electrons. The summed E-state index contributed by atoms with van der Waals surface area (Å²) in [6.07, 6.45) is -10.1. The van der Waals surface area contributed by atoms with E-state index in [1.165, 1.54) is 0 Å². The topological polar surface area (TPSA) is 42.9 Å². The standard InChI is InChI=1S/C13H4Cl2F6N2O/c14-9-4-8(22-11(15)23-9)10(24)5-1-6(12(16,17)18)3-7(2-5)13(19,20)21/h1-4H. The summed E-state index contributed by atoms with van der Waals surface area (Å²) in [5.74, 6) is -1.21. The van der Waals surface area contributed by atoms with Gasteiger partial charge in [0.25, 0.3) is 0 Å². The van der Waals surface area contributed by atoms with E-state index in [1.54, 1.807) is 0 Å². The summed E-state index contributed by atoms with van der Waals surface area (Å²) in [5.41, 5.74) is -4.63. The number of hydrogen-bond acceptors (Lipinski definition) is 3. The molecule has 24 heavy (non-hydrogen) atoms. The second-order valence-electron chi connectivity index (χ2n) is 4.47. The van der Waals surface area contributed by atoms with Crippen molar-refractivity contribution in [3.05, 3.63) is 57.1 Å². The van der Waals surface area contributed by atoms with Crippen molar-refractivity contribution in [2.75, 3.05) is 0 Å². The Morgan fingerprint density at radius 3 is 1.75 bits per heavy atom. The second kappa shape index (κ2) is 6.21. The summed E-state index contributed by atoms with van der Waals surface area (Å²) in [4.78, 5) is 19.1. The number of carbonyl (C=O) groups excluding carboxylic acids is 1. The second-order valence-corrected chi connectivity index (χ2v) is 5.19. The largest absolute Gasteiger partial charge is 0.416 e. The van der Waals surface area contributed by atoms with Crippen LogP contribution in [0.3, 0.4) is 0 Å². The Bertz CT molecular complexity index is 752. The van der Waals surface area contributed by atoms with E-state index in [1.807, 2.05) is 0 Å². The fraction of sp³-hybridized carbons (Fsp3) is 0.154. The highest BCUT2D eigenvalue weighted by Crippen LogP contribution is 2.36. The highest BCUT2D eigenvalue weighted by molar-refractivity contribution is 6.32. The Kier molecular flexibility index (Phi) is 4.78. The van der Waals surface area contributed by atoms with Gasteiger partial charge < -0.3 is 0 Å². The average molecular weight is 389 g/mol. The number of ketones is 1. The van der Waals surface area contributed by atoms with Crippen molar-refractivity contribution >= 4 is 29.0 Å². The predicted molar refractivity (Wildman–Crippen MR) is 71.9 cm³/mol. The first-order valence-corrected chi connectivity index (χ1v) is 6.68. The van der Waals surface area contributed by atoms with Gasteiger partial charge in [-0.25, -0.2) is 9.97 Å². The number of hydrogen-bond donors (Lipinski definition) is 0. The third kappa shape index (κ3) is 4.15. The number of rotatable bonds is 2. The van der Waals surface area contributed by atoms with Crippen molar-refractivity contribution in [1.82, 2.24) is 9.97 Å². The van der Waals surface area contributed by atoms with Crippen LogP contribution in [0.5, 0.6) is 0 Å². The van der Waals surface area contributed by atoms with Gasteiger partial charge in [-0.15, -0.1) is 0 Å². The zero-order valence-electron chi connectivity index (χ0n) is 11.1. The Morgan fingerprint density at radius 1 is 0.833 bits per heavy atom. The maximum atomic E-state index is 12.8. The van der Waals surface area contributed by atoms with Crippen LogP contribution in [0, 0.1) is 0 Å². The van der Waals surface area contributed by atoms with Crippen LogP contribution in [0.2, 0.25) is 10.4 Å². The molecular formula is C13H4Cl2F6N2O. The molecule has 0 saturated heterocycles. The highest BCUT2D eigenvalue weighted by atomic mass is 35.5. The van der Waals surface area contributed by atoms with Gasteiger partial charge in [0.2, 0.25) is 11.1 Å². The van der Waals surface area contributed by atoms with Gasteiger partial charge >= 0.3 is 12.4 Å². The average Bonchev–Trinajstić information content (AvgIpc) is 2.43. The van der Waals surface area contributed by atoms with Crippen LogP contribution in [-0.4, -0.2) is 15.8 Å². The first-order chi connectivity index (χ1) is 10.9. The predicted octanol–water partition coefficient (Wildman–Crippen LogP) is 5.05. The first kappa shape index (κ1) is 18.5. The molecule has 0 aliphatic heterocycles. The lowest BCUT2D eigenvalue weighted by Crippen LogP contribution is -2.14. The molecule has 1 aromatic heterocycles. The molecular weight excluding hydrogens is 385 g/mol. The van der Waals surface area contributed by atoms with Crippen molar-refractivity contribution < 1.29 is 31.1 Å². The van der Waals surface area contributed by atoms with Crippen molar-refractivity contribution in [1.29, 1.82) is 0 Å². The monoisotopic (exact) mass is 388 g/mol. The fourth-order valence-electron chi connectivity index (χ4n) is 1.74. The zero-order chi connectivity index (χ0) is 18.3. The van der Waals surface area contributed by atoms with Gasteiger partial charge in [-0.05, 0) is 29.8 Å². The molecule has 0 saturated carbocycles. The van der Waals surface area contributed by atoms with E-state index in [4.69, 9.17) is 23.2 Å². The van der Waals surface area contributed by atoms with Gasteiger partial charge in [-0.2, -0.15) is 26.3 Å². The highest BCUT2D eigenvalue weighted by Gasteiger charge is 2.37. The molecule has 0 spiro atoms. The molecule has 1 aromatic carbocycles. The van der Waals surface area contributed by atoms with Gasteiger partial charge in [0, 0.05) is 11.6 Å². The molecule has 0 atom stereocenters. The van der Waals surface area contributed by atoms with Crippen molar-refractivity contribution in [2.45, 2.75) is 12.4 Å². The van der Waals surface area contributed by atoms with E-state index in [0.717, 1.165) is 6.07 Å². The number of nitrogens with zero attached hydrogens (tertiary/aromatic N) is 2. The van der Waals surface area contributed by atoms with Gasteiger partial charge in [0.05, 0.1) is 11.1 Å². The molecule has 0 fully saturated rings. The molecule has 2 rings (SSSR count). The van der Waals surface area contributed by atoms with E-state index in [-0.39, 0.29) is 11.2 Å². The van der Waals surface area contributed by atoms with E-state index < -0.39 is 45.8 Å². The number of halogens is 8. The van der Waals surface area contributed by atoms with Gasteiger partial charge in [0.1, 0.15) is 10.8 Å². The van der Waals surface area contributed by atoms with Gasteiger partial charge in [-0.1, -0.05) is 11.6 Å². The van der Waals surface area contributed by atoms with Crippen molar-refractivity contribution in [2.24, 2.45) is 0 Å². The lowest BCUT2D eigenvalue weighted by molar-refractivity contribution is -0.143. The van der Waals surface area contributed by atoms with Crippen molar-refractivity contribution in [3.8, 4) is 0 Å². The summed E-state index contributed by atoms with van der Waals surface area (Å²) in [5, 5.41) is -0.768. The quantitative estimate of drug-likeness (QED) is 0.313. The lowest BCUT2D eigenvalue weighted by Gasteiger charge is -2.13. The first-order valence-electron chi connectivity index (χ1n) is 5.92. The Labute approximate surface area is 140 Å². The number of aromatic nitrogens is 2. The van der Waals surface area contributed by atoms with Crippen molar-refractivity contribution in [3.63, 3.8) is 0 Å². The summed E-state index contributed by atoms with van der Waals surface area (Å²) in [6, 6.07) is 1.38. The summed E-state index contributed by atoms with van der Waals surface area (Å²) >= 11 is 11.0. The lowest BCUT2D eigenvalue weighted by atomic mass is 10.0. The van der Waals surface area contributed by atoms with E-state index in [9.17, 15) is 31.1 Å². The normalized spacial score (nSPS) is 12.3. The third-order valence-corrected chi connectivity index (χ3v) is 3.11. The van der Waals surface area contributed by atoms with Crippen LogP contribution in [0.4, 0.5) is 26.3 Å². The maximum Gasteiger partial charge on any atom is 0.416 e. The fourth-order valence-corrected chi connectivity index (χ4v) is 2.15. The molecule has 0 aliphatic rings. The zero-order valence-corrected chi connectivity index (χ0v) is 12.6. The van der Waals surface area contributed by atoms with E-state index in [2.05, 4.69) is 9.97 Å².